The molecule has 1 aromatic rings. The van der Waals surface area contributed by atoms with E-state index in [9.17, 15) is 9.59 Å². The zero-order valence-electron chi connectivity index (χ0n) is 13.4. The highest BCUT2D eigenvalue weighted by Gasteiger charge is 2.15. The van der Waals surface area contributed by atoms with Gasteiger partial charge >= 0.3 is 0 Å². The van der Waals surface area contributed by atoms with E-state index in [1.165, 1.54) is 47.3 Å². The summed E-state index contributed by atoms with van der Waals surface area (Å²) in [5.74, 6) is -0.993. The third-order valence-electron chi connectivity index (χ3n) is 2.53. The molecule has 0 atom stereocenters. The molecule has 0 aromatic carbocycles. The van der Waals surface area contributed by atoms with E-state index in [2.05, 4.69) is 21.1 Å². The van der Waals surface area contributed by atoms with Crippen LogP contribution in [0, 0.1) is 22.7 Å². The first-order valence-corrected chi connectivity index (χ1v) is 9.96. The molecule has 1 aromatic heterocycles. The predicted molar refractivity (Wildman–Crippen MR) is 99.8 cm³/mol. The number of nitrogens with one attached hydrogen (secondary N) is 2. The van der Waals surface area contributed by atoms with E-state index in [4.69, 9.17) is 10.5 Å². The number of carbonyl (C=O) groups is 2. The Hall–Kier alpha value is -2.34. The average molecular weight is 395 g/mol. The number of thioether (sulfide) groups is 2. The molecule has 8 nitrogen and oxygen atoms in total. The maximum Gasteiger partial charge on any atom is 0.254 e. The number of rotatable bonds is 8. The highest BCUT2D eigenvalue weighted by Crippen LogP contribution is 2.38. The van der Waals surface area contributed by atoms with Crippen LogP contribution in [-0.4, -0.2) is 36.8 Å². The summed E-state index contributed by atoms with van der Waals surface area (Å²) in [6.07, 6.45) is 6.25. The lowest BCUT2D eigenvalue weighted by Crippen LogP contribution is -2.17. The van der Waals surface area contributed by atoms with Crippen molar-refractivity contribution in [1.29, 1.82) is 10.5 Å². The number of nitriles is 2. The molecule has 0 saturated carbocycles. The highest BCUT2D eigenvalue weighted by atomic mass is 32.2. The van der Waals surface area contributed by atoms with Gasteiger partial charge in [0.15, 0.2) is 0 Å². The molecule has 2 N–H and O–H groups in total. The van der Waals surface area contributed by atoms with E-state index in [-0.39, 0.29) is 12.8 Å². The fourth-order valence-corrected chi connectivity index (χ4v) is 4.33. The van der Waals surface area contributed by atoms with Crippen molar-refractivity contribution in [3.63, 3.8) is 0 Å². The third kappa shape index (κ3) is 6.58. The van der Waals surface area contributed by atoms with Crippen LogP contribution >= 0.6 is 34.9 Å². The third-order valence-corrected chi connectivity index (χ3v) is 6.02. The molecule has 130 valence electrons. The Kier molecular flexibility index (Phi) is 9.32. The van der Waals surface area contributed by atoms with Crippen molar-refractivity contribution in [3.8, 4) is 12.1 Å². The van der Waals surface area contributed by atoms with Crippen LogP contribution in [0.25, 0.3) is 0 Å². The van der Waals surface area contributed by atoms with Crippen LogP contribution in [0.2, 0.25) is 0 Å². The van der Waals surface area contributed by atoms with Gasteiger partial charge in [-0.1, -0.05) is 0 Å². The minimum atomic E-state index is -0.497. The molecule has 0 spiro atoms. The first-order valence-electron chi connectivity index (χ1n) is 6.69. The van der Waals surface area contributed by atoms with Gasteiger partial charge in [-0.15, -0.1) is 34.9 Å². The Balaban J connectivity index is 3.04. The van der Waals surface area contributed by atoms with Crippen LogP contribution in [0.15, 0.2) is 18.6 Å². The molecular weight excluding hydrogens is 380 g/mol. The molecule has 1 heterocycles. The van der Waals surface area contributed by atoms with Gasteiger partial charge in [-0.2, -0.15) is 20.7 Å². The fraction of sp³-hybridized carbons (Fsp3) is 0.286. The summed E-state index contributed by atoms with van der Waals surface area (Å²) in [6, 6.07) is 3.47. The van der Waals surface area contributed by atoms with Gasteiger partial charge in [0.05, 0.1) is 33.0 Å². The number of carbonyl (C=O) groups excluding carboxylic acids is 2. The average Bonchev–Trinajstić information content (AvgIpc) is 2.92. The summed E-state index contributed by atoms with van der Waals surface area (Å²) in [5, 5.41) is 24.6. The van der Waals surface area contributed by atoms with E-state index in [0.29, 0.717) is 0 Å². The lowest BCUT2D eigenvalue weighted by atomic mass is 10.2. The van der Waals surface area contributed by atoms with Crippen molar-refractivity contribution in [2.24, 2.45) is 10.2 Å². The van der Waals surface area contributed by atoms with Crippen LogP contribution in [0.3, 0.4) is 0 Å². The first-order chi connectivity index (χ1) is 12.1. The summed E-state index contributed by atoms with van der Waals surface area (Å²) >= 11 is 4.58. The lowest BCUT2D eigenvalue weighted by Gasteiger charge is -1.99. The van der Waals surface area contributed by atoms with Gasteiger partial charge in [0.2, 0.25) is 0 Å². The zero-order valence-corrected chi connectivity index (χ0v) is 15.8. The van der Waals surface area contributed by atoms with Gasteiger partial charge < -0.3 is 0 Å². The van der Waals surface area contributed by atoms with E-state index in [0.717, 1.165) is 19.5 Å². The second-order valence-electron chi connectivity index (χ2n) is 4.17. The van der Waals surface area contributed by atoms with Crippen molar-refractivity contribution in [2.75, 3.05) is 12.5 Å². The molecule has 2 amide bonds. The first kappa shape index (κ1) is 20.7. The zero-order chi connectivity index (χ0) is 18.7. The van der Waals surface area contributed by atoms with Crippen LogP contribution in [-0.2, 0) is 9.59 Å². The van der Waals surface area contributed by atoms with Crippen molar-refractivity contribution in [2.45, 2.75) is 21.3 Å². The number of thiophene rings is 1. The molecule has 0 saturated heterocycles. The second-order valence-corrected chi connectivity index (χ2v) is 7.34. The molecule has 1 rings (SSSR count). The minimum Gasteiger partial charge on any atom is -0.272 e. The van der Waals surface area contributed by atoms with Gasteiger partial charge in [-0.05, 0) is 12.5 Å². The Morgan fingerprint density at radius 1 is 1.00 bits per heavy atom. The van der Waals surface area contributed by atoms with Gasteiger partial charge in [0, 0.05) is 11.1 Å². The molecule has 0 radical (unpaired) electrons. The minimum absolute atomic E-state index is 0.272. The van der Waals surface area contributed by atoms with E-state index < -0.39 is 11.8 Å². The van der Waals surface area contributed by atoms with Crippen LogP contribution in [0.1, 0.15) is 24.0 Å². The molecule has 0 bridgehead atoms. The topological polar surface area (TPSA) is 130 Å². The summed E-state index contributed by atoms with van der Waals surface area (Å²) in [5.41, 5.74) is 6.05. The summed E-state index contributed by atoms with van der Waals surface area (Å²) in [7, 11) is 0. The number of hydrogen-bond acceptors (Lipinski definition) is 9. The summed E-state index contributed by atoms with van der Waals surface area (Å²) in [6.45, 7) is 0. The van der Waals surface area contributed by atoms with Gasteiger partial charge in [-0.25, -0.2) is 10.9 Å². The molecular formula is C14H14N6O2S3. The summed E-state index contributed by atoms with van der Waals surface area (Å²) in [4.78, 5) is 22.6. The largest absolute Gasteiger partial charge is 0.272 e. The number of hydrazone groups is 2. The fourth-order valence-electron chi connectivity index (χ4n) is 1.52. The van der Waals surface area contributed by atoms with Crippen LogP contribution < -0.4 is 10.9 Å². The second kappa shape index (κ2) is 11.3. The Bertz CT molecular complexity index is 710. The highest BCUT2D eigenvalue weighted by molar-refractivity contribution is 8.02. The van der Waals surface area contributed by atoms with Crippen molar-refractivity contribution >= 4 is 59.1 Å². The SMILES string of the molecule is CSc1sc(SC)c(C=NNC(=O)CC#N)c1C=NNC(=O)CC#N. The standard InChI is InChI=1S/C14H14N6O2S3/c1-23-13-9(7-17-19-11(21)3-5-15)10(14(24-2)25-13)8-18-20-12(22)4-6-16/h7-8H,3-4H2,1-2H3,(H,19,21)(H,20,22). The molecule has 25 heavy (non-hydrogen) atoms. The predicted octanol–water partition coefficient (Wildman–Crippen LogP) is 1.92. The number of hydrogen-bond donors (Lipinski definition) is 2. The molecule has 0 aliphatic carbocycles. The van der Waals surface area contributed by atoms with Crippen LogP contribution in [0.5, 0.6) is 0 Å². The van der Waals surface area contributed by atoms with Crippen molar-refractivity contribution < 1.29 is 9.59 Å². The number of nitrogens with zero attached hydrogens (tertiary/aromatic N) is 4. The Morgan fingerprint density at radius 2 is 1.40 bits per heavy atom. The van der Waals surface area contributed by atoms with Gasteiger partial charge in [-0.3, -0.25) is 9.59 Å². The maximum absolute atomic E-state index is 11.3. The van der Waals surface area contributed by atoms with Crippen molar-refractivity contribution in [1.82, 2.24) is 10.9 Å². The Morgan fingerprint density at radius 3 is 1.72 bits per heavy atom. The van der Waals surface area contributed by atoms with Gasteiger partial charge in [0.1, 0.15) is 12.8 Å². The van der Waals surface area contributed by atoms with E-state index in [1.54, 1.807) is 12.1 Å². The molecule has 0 aliphatic heterocycles. The molecule has 0 fully saturated rings. The van der Waals surface area contributed by atoms with Gasteiger partial charge in [0.25, 0.3) is 11.8 Å². The smallest absolute Gasteiger partial charge is 0.254 e. The maximum atomic E-state index is 11.3. The Labute approximate surface area is 157 Å². The molecule has 0 unspecified atom stereocenters. The van der Waals surface area contributed by atoms with Crippen LogP contribution in [0.4, 0.5) is 0 Å². The lowest BCUT2D eigenvalue weighted by molar-refractivity contribution is -0.120. The molecule has 11 heteroatoms. The van der Waals surface area contributed by atoms with Crippen molar-refractivity contribution in [3.05, 3.63) is 11.1 Å². The normalized spacial score (nSPS) is 10.6. The number of amides is 2. The van der Waals surface area contributed by atoms with E-state index >= 15 is 0 Å². The quantitative estimate of drug-likeness (QED) is 0.393. The van der Waals surface area contributed by atoms with E-state index in [1.807, 2.05) is 12.5 Å². The molecule has 0 aliphatic rings. The summed E-state index contributed by atoms with van der Waals surface area (Å²) < 4.78 is 1.93. The monoisotopic (exact) mass is 394 g/mol.